The van der Waals surface area contributed by atoms with Crippen molar-refractivity contribution < 1.29 is 4.79 Å². The second-order valence-electron chi connectivity index (χ2n) is 5.69. The molecule has 1 amide bonds. The Labute approximate surface area is 137 Å². The molecule has 1 aromatic rings. The third-order valence-electron chi connectivity index (χ3n) is 3.59. The van der Waals surface area contributed by atoms with Crippen molar-refractivity contribution in [1.29, 1.82) is 0 Å². The van der Waals surface area contributed by atoms with Crippen molar-refractivity contribution in [3.05, 3.63) is 29.8 Å². The molecule has 0 saturated carbocycles. The van der Waals surface area contributed by atoms with Crippen LogP contribution < -0.4 is 5.32 Å². The van der Waals surface area contributed by atoms with E-state index in [2.05, 4.69) is 21.2 Å². The fourth-order valence-corrected chi connectivity index (χ4v) is 2.78. The van der Waals surface area contributed by atoms with E-state index in [-0.39, 0.29) is 5.91 Å². The smallest absolute Gasteiger partial charge is 0.224 e. The van der Waals surface area contributed by atoms with Crippen molar-refractivity contribution in [1.82, 2.24) is 0 Å². The molecule has 3 heteroatoms. The number of carbonyl (C=O) groups is 1. The lowest BCUT2D eigenvalue weighted by Gasteiger charge is -2.06. The number of hydrogen-bond acceptors (Lipinski definition) is 1. The molecule has 1 aromatic carbocycles. The summed E-state index contributed by atoms with van der Waals surface area (Å²) in [4.78, 5) is 11.8. The summed E-state index contributed by atoms with van der Waals surface area (Å²) in [5, 5.41) is 4.09. The average molecular weight is 354 g/mol. The highest BCUT2D eigenvalue weighted by atomic mass is 79.9. The Bertz CT molecular complexity index is 406. The predicted molar refractivity (Wildman–Crippen MR) is 95.2 cm³/mol. The molecule has 0 bridgehead atoms. The lowest BCUT2D eigenvalue weighted by atomic mass is 10.1. The van der Waals surface area contributed by atoms with Gasteiger partial charge in [-0.1, -0.05) is 66.6 Å². The maximum atomic E-state index is 11.8. The third-order valence-corrected chi connectivity index (χ3v) is 4.15. The Morgan fingerprint density at radius 1 is 1.00 bits per heavy atom. The summed E-state index contributed by atoms with van der Waals surface area (Å²) in [5.41, 5.74) is 2.08. The molecular weight excluding hydrogens is 326 g/mol. The third kappa shape index (κ3) is 9.67. The SMILES string of the molecule is Cc1cccc(NC(=O)CCCCCCCCCCBr)c1. The van der Waals surface area contributed by atoms with E-state index in [4.69, 9.17) is 0 Å². The Morgan fingerprint density at radius 3 is 2.24 bits per heavy atom. The molecule has 0 aliphatic rings. The predicted octanol–water partition coefficient (Wildman–Crippen LogP) is 5.84. The average Bonchev–Trinajstić information content (AvgIpc) is 2.45. The molecule has 0 unspecified atom stereocenters. The largest absolute Gasteiger partial charge is 0.326 e. The van der Waals surface area contributed by atoms with Gasteiger partial charge in [-0.15, -0.1) is 0 Å². The maximum Gasteiger partial charge on any atom is 0.224 e. The lowest BCUT2D eigenvalue weighted by Crippen LogP contribution is -2.11. The number of rotatable bonds is 11. The van der Waals surface area contributed by atoms with Gasteiger partial charge in [-0.05, 0) is 37.5 Å². The lowest BCUT2D eigenvalue weighted by molar-refractivity contribution is -0.116. The number of nitrogens with one attached hydrogen (secondary N) is 1. The summed E-state index contributed by atoms with van der Waals surface area (Å²) >= 11 is 3.46. The number of aryl methyl sites for hydroxylation is 1. The van der Waals surface area contributed by atoms with Crippen LogP contribution in [0.3, 0.4) is 0 Å². The number of unbranched alkanes of at least 4 members (excludes halogenated alkanes) is 7. The van der Waals surface area contributed by atoms with Gasteiger partial charge in [-0.25, -0.2) is 0 Å². The fraction of sp³-hybridized carbons (Fsp3) is 0.611. The van der Waals surface area contributed by atoms with Crippen LogP contribution in [0.2, 0.25) is 0 Å². The number of amides is 1. The zero-order valence-corrected chi connectivity index (χ0v) is 14.8. The van der Waals surface area contributed by atoms with E-state index < -0.39 is 0 Å². The summed E-state index contributed by atoms with van der Waals surface area (Å²) in [7, 11) is 0. The summed E-state index contributed by atoms with van der Waals surface area (Å²) in [6.45, 7) is 2.04. The normalized spacial score (nSPS) is 10.6. The van der Waals surface area contributed by atoms with Gasteiger partial charge in [0.05, 0.1) is 0 Å². The van der Waals surface area contributed by atoms with Gasteiger partial charge in [-0.3, -0.25) is 4.79 Å². The van der Waals surface area contributed by atoms with Crippen LogP contribution in [0, 0.1) is 6.92 Å². The molecule has 0 aliphatic carbocycles. The zero-order valence-electron chi connectivity index (χ0n) is 13.2. The van der Waals surface area contributed by atoms with Gasteiger partial charge < -0.3 is 5.32 Å². The second-order valence-corrected chi connectivity index (χ2v) is 6.48. The molecule has 0 aromatic heterocycles. The summed E-state index contributed by atoms with van der Waals surface area (Å²) in [5.74, 6) is 0.137. The van der Waals surface area contributed by atoms with E-state index in [1.54, 1.807) is 0 Å². The second kappa shape index (κ2) is 11.8. The van der Waals surface area contributed by atoms with Crippen molar-refractivity contribution in [2.45, 2.75) is 64.7 Å². The Kier molecular flexibility index (Phi) is 10.2. The molecule has 21 heavy (non-hydrogen) atoms. The Balaban J connectivity index is 1.99. The molecule has 0 radical (unpaired) electrons. The van der Waals surface area contributed by atoms with Gasteiger partial charge in [0.15, 0.2) is 0 Å². The number of anilines is 1. The van der Waals surface area contributed by atoms with Gasteiger partial charge >= 0.3 is 0 Å². The number of carbonyl (C=O) groups excluding carboxylic acids is 1. The van der Waals surface area contributed by atoms with Crippen molar-refractivity contribution in [3.8, 4) is 0 Å². The number of hydrogen-bond donors (Lipinski definition) is 1. The molecule has 1 rings (SSSR count). The molecule has 0 fully saturated rings. The van der Waals surface area contributed by atoms with Gasteiger partial charge in [0.25, 0.3) is 0 Å². The first-order valence-corrected chi connectivity index (χ1v) is 9.27. The van der Waals surface area contributed by atoms with E-state index in [9.17, 15) is 4.79 Å². The molecule has 2 nitrogen and oxygen atoms in total. The van der Waals surface area contributed by atoms with Crippen LogP contribution in [0.1, 0.15) is 63.4 Å². The van der Waals surface area contributed by atoms with Crippen LogP contribution in [-0.2, 0) is 4.79 Å². The first-order chi connectivity index (χ1) is 10.2. The van der Waals surface area contributed by atoms with Gasteiger partial charge in [0.2, 0.25) is 5.91 Å². The monoisotopic (exact) mass is 353 g/mol. The summed E-state index contributed by atoms with van der Waals surface area (Å²) < 4.78 is 0. The first kappa shape index (κ1) is 18.2. The number of halogens is 1. The molecule has 1 N–H and O–H groups in total. The number of benzene rings is 1. The minimum atomic E-state index is 0.137. The summed E-state index contributed by atoms with van der Waals surface area (Å²) in [6.07, 6.45) is 10.7. The molecule has 118 valence electrons. The maximum absolute atomic E-state index is 11.8. The number of alkyl halides is 1. The van der Waals surface area contributed by atoms with E-state index in [0.29, 0.717) is 6.42 Å². The van der Waals surface area contributed by atoms with E-state index >= 15 is 0 Å². The minimum absolute atomic E-state index is 0.137. The van der Waals surface area contributed by atoms with Gasteiger partial charge in [0, 0.05) is 17.4 Å². The van der Waals surface area contributed by atoms with Crippen molar-refractivity contribution in [3.63, 3.8) is 0 Å². The van der Waals surface area contributed by atoms with Gasteiger partial charge in [-0.2, -0.15) is 0 Å². The van der Waals surface area contributed by atoms with Crippen molar-refractivity contribution >= 4 is 27.5 Å². The van der Waals surface area contributed by atoms with Crippen LogP contribution in [0.25, 0.3) is 0 Å². The molecule has 0 spiro atoms. The Hall–Kier alpha value is -0.830. The van der Waals surface area contributed by atoms with Crippen LogP contribution in [0.15, 0.2) is 24.3 Å². The molecular formula is C18H28BrNO. The van der Waals surface area contributed by atoms with E-state index in [1.165, 1.54) is 50.5 Å². The van der Waals surface area contributed by atoms with E-state index in [0.717, 1.165) is 17.4 Å². The molecule has 0 heterocycles. The topological polar surface area (TPSA) is 29.1 Å². The molecule has 0 atom stereocenters. The highest BCUT2D eigenvalue weighted by molar-refractivity contribution is 9.09. The quantitative estimate of drug-likeness (QED) is 0.393. The highest BCUT2D eigenvalue weighted by Crippen LogP contribution is 2.12. The van der Waals surface area contributed by atoms with Crippen molar-refractivity contribution in [2.24, 2.45) is 0 Å². The van der Waals surface area contributed by atoms with Crippen LogP contribution in [0.5, 0.6) is 0 Å². The van der Waals surface area contributed by atoms with Crippen molar-refractivity contribution in [2.75, 3.05) is 10.6 Å². The standard InChI is InChI=1S/C18H28BrNO/c1-16-11-10-12-17(15-16)20-18(21)13-8-6-4-2-3-5-7-9-14-19/h10-12,15H,2-9,13-14H2,1H3,(H,20,21). The first-order valence-electron chi connectivity index (χ1n) is 8.15. The minimum Gasteiger partial charge on any atom is -0.326 e. The van der Waals surface area contributed by atoms with Gasteiger partial charge in [0.1, 0.15) is 0 Å². The highest BCUT2D eigenvalue weighted by Gasteiger charge is 2.02. The Morgan fingerprint density at radius 2 is 1.62 bits per heavy atom. The molecule has 0 saturated heterocycles. The zero-order chi connectivity index (χ0) is 15.3. The van der Waals surface area contributed by atoms with E-state index in [1.807, 2.05) is 31.2 Å². The van der Waals surface area contributed by atoms with Crippen LogP contribution >= 0.6 is 15.9 Å². The molecule has 0 aliphatic heterocycles. The van der Waals surface area contributed by atoms with Crippen LogP contribution in [-0.4, -0.2) is 11.2 Å². The summed E-state index contributed by atoms with van der Waals surface area (Å²) in [6, 6.07) is 7.96. The fourth-order valence-electron chi connectivity index (χ4n) is 2.39. The van der Waals surface area contributed by atoms with Crippen LogP contribution in [0.4, 0.5) is 5.69 Å².